The van der Waals surface area contributed by atoms with Crippen LogP contribution in [0, 0.1) is 23.2 Å². The number of rotatable bonds is 10. The lowest BCUT2D eigenvalue weighted by Gasteiger charge is -2.35. The Morgan fingerprint density at radius 3 is 2.20 bits per heavy atom. The SMILES string of the molecule is C=C[C@@H]1CC1(NC(=O)[C@@H]1C[C@H](OS(=O)(=O)c2ccc(Br)cc2)CN1C(=O)[C@@H](NC(=O)O[C@@H]1CC(C)[C@H](C)C1)C(C)(C)C)C(=O)OC. The molecule has 1 aliphatic heterocycles. The molecule has 2 aliphatic carbocycles. The largest absolute Gasteiger partial charge is 0.467 e. The topological polar surface area (TPSA) is 157 Å². The van der Waals surface area contributed by atoms with Gasteiger partial charge in [-0.05, 0) is 60.8 Å². The molecule has 0 aromatic heterocycles. The summed E-state index contributed by atoms with van der Waals surface area (Å²) in [6, 6.07) is 3.51. The van der Waals surface area contributed by atoms with Crippen LogP contribution < -0.4 is 10.6 Å². The summed E-state index contributed by atoms with van der Waals surface area (Å²) in [6.07, 6.45) is 0.952. The van der Waals surface area contributed by atoms with E-state index in [0.29, 0.717) is 16.3 Å². The van der Waals surface area contributed by atoms with Crippen LogP contribution in [0.5, 0.6) is 0 Å². The van der Waals surface area contributed by atoms with Crippen LogP contribution in [0.2, 0.25) is 0 Å². The fraction of sp³-hybridized carbons (Fsp3) is 0.625. The van der Waals surface area contributed by atoms with Crippen molar-refractivity contribution in [2.75, 3.05) is 13.7 Å². The van der Waals surface area contributed by atoms with Gasteiger partial charge in [0.2, 0.25) is 11.8 Å². The highest BCUT2D eigenvalue weighted by Gasteiger charge is 2.62. The van der Waals surface area contributed by atoms with E-state index in [4.69, 9.17) is 13.7 Å². The normalized spacial score (nSPS) is 29.8. The summed E-state index contributed by atoms with van der Waals surface area (Å²) >= 11 is 3.28. The van der Waals surface area contributed by atoms with Crippen molar-refractivity contribution in [3.05, 3.63) is 41.4 Å². The van der Waals surface area contributed by atoms with E-state index in [9.17, 15) is 27.6 Å². The molecule has 2 N–H and O–H groups in total. The summed E-state index contributed by atoms with van der Waals surface area (Å²) in [4.78, 5) is 54.9. The molecule has 3 fully saturated rings. The van der Waals surface area contributed by atoms with Gasteiger partial charge in [0.15, 0.2) is 0 Å². The molecule has 14 heteroatoms. The molecule has 254 valence electrons. The van der Waals surface area contributed by atoms with E-state index in [2.05, 4.69) is 47.0 Å². The van der Waals surface area contributed by atoms with E-state index < -0.39 is 63.1 Å². The summed E-state index contributed by atoms with van der Waals surface area (Å²) in [5, 5.41) is 5.45. The Labute approximate surface area is 279 Å². The lowest BCUT2D eigenvalue weighted by atomic mass is 9.85. The van der Waals surface area contributed by atoms with E-state index in [1.54, 1.807) is 39.0 Å². The first kappa shape index (κ1) is 35.9. The average Bonchev–Trinajstić information content (AvgIpc) is 3.38. The molecule has 12 nitrogen and oxygen atoms in total. The molecule has 2 unspecified atom stereocenters. The third-order valence-corrected chi connectivity index (χ3v) is 11.2. The Balaban J connectivity index is 1.59. The highest BCUT2D eigenvalue weighted by Crippen LogP contribution is 2.45. The van der Waals surface area contributed by atoms with Gasteiger partial charge in [-0.15, -0.1) is 6.58 Å². The number of esters is 1. The molecule has 0 bridgehead atoms. The molecule has 46 heavy (non-hydrogen) atoms. The first-order chi connectivity index (χ1) is 21.4. The van der Waals surface area contributed by atoms with Crippen LogP contribution in [0.1, 0.15) is 60.3 Å². The number of carbonyl (C=O) groups is 4. The van der Waals surface area contributed by atoms with Gasteiger partial charge in [-0.25, -0.2) is 9.59 Å². The molecule has 4 rings (SSSR count). The highest BCUT2D eigenvalue weighted by molar-refractivity contribution is 9.10. The lowest BCUT2D eigenvalue weighted by molar-refractivity contribution is -0.148. The second kappa shape index (κ2) is 13.6. The van der Waals surface area contributed by atoms with Gasteiger partial charge in [-0.2, -0.15) is 8.42 Å². The van der Waals surface area contributed by atoms with Crippen LogP contribution in [0.15, 0.2) is 46.3 Å². The zero-order valence-corrected chi connectivity index (χ0v) is 29.5. The zero-order chi connectivity index (χ0) is 34.2. The minimum absolute atomic E-state index is 0.0922. The third kappa shape index (κ3) is 7.76. The van der Waals surface area contributed by atoms with Crippen LogP contribution in [0.3, 0.4) is 0 Å². The maximum atomic E-state index is 14.3. The third-order valence-electron chi connectivity index (χ3n) is 9.30. The maximum Gasteiger partial charge on any atom is 0.408 e. The highest BCUT2D eigenvalue weighted by atomic mass is 79.9. The molecular weight excluding hydrogens is 682 g/mol. The Morgan fingerprint density at radius 2 is 1.67 bits per heavy atom. The molecule has 1 heterocycles. The van der Waals surface area contributed by atoms with Gasteiger partial charge in [0.05, 0.1) is 18.1 Å². The zero-order valence-electron chi connectivity index (χ0n) is 27.1. The quantitative estimate of drug-likeness (QED) is 0.207. The summed E-state index contributed by atoms with van der Waals surface area (Å²) in [7, 11) is -3.06. The summed E-state index contributed by atoms with van der Waals surface area (Å²) in [5.41, 5.74) is -2.17. The van der Waals surface area contributed by atoms with Gasteiger partial charge < -0.3 is 25.0 Å². The van der Waals surface area contributed by atoms with Crippen LogP contribution in [-0.2, 0) is 38.2 Å². The molecule has 8 atom stereocenters. The van der Waals surface area contributed by atoms with Crippen LogP contribution in [-0.4, -0.2) is 80.7 Å². The predicted molar refractivity (Wildman–Crippen MR) is 172 cm³/mol. The number of nitrogens with one attached hydrogen (secondary N) is 2. The van der Waals surface area contributed by atoms with E-state index >= 15 is 0 Å². The minimum Gasteiger partial charge on any atom is -0.467 e. The van der Waals surface area contributed by atoms with Crippen LogP contribution >= 0.6 is 15.9 Å². The number of alkyl carbamates (subject to hydrolysis) is 1. The van der Waals surface area contributed by atoms with Crippen molar-refractivity contribution < 1.29 is 41.3 Å². The Bertz CT molecular complexity index is 1450. The number of hydrogen-bond donors (Lipinski definition) is 2. The van der Waals surface area contributed by atoms with Gasteiger partial charge in [-0.1, -0.05) is 56.6 Å². The van der Waals surface area contributed by atoms with Crippen molar-refractivity contribution in [2.24, 2.45) is 23.2 Å². The molecule has 3 aliphatic rings. The number of ether oxygens (including phenoxy) is 2. The number of likely N-dealkylation sites (tertiary alicyclic amines) is 1. The first-order valence-electron chi connectivity index (χ1n) is 15.4. The first-order valence-corrected chi connectivity index (χ1v) is 17.6. The number of hydrogen-bond acceptors (Lipinski definition) is 9. The minimum atomic E-state index is -4.27. The van der Waals surface area contributed by atoms with Gasteiger partial charge in [0, 0.05) is 23.4 Å². The molecule has 1 saturated heterocycles. The Kier molecular flexibility index (Phi) is 10.6. The number of amides is 3. The fourth-order valence-electron chi connectivity index (χ4n) is 6.29. The number of methoxy groups -OCH3 is 1. The molecular formula is C32H44BrN3O9S. The Morgan fingerprint density at radius 1 is 1.07 bits per heavy atom. The number of benzene rings is 1. The van der Waals surface area contributed by atoms with Gasteiger partial charge in [0.25, 0.3) is 10.1 Å². The molecule has 0 radical (unpaired) electrons. The second-order valence-electron chi connectivity index (χ2n) is 13.8. The molecule has 2 saturated carbocycles. The average molecular weight is 727 g/mol. The predicted octanol–water partition coefficient (Wildman–Crippen LogP) is 3.93. The van der Waals surface area contributed by atoms with E-state index in [1.165, 1.54) is 24.1 Å². The molecule has 0 spiro atoms. The monoisotopic (exact) mass is 725 g/mol. The smallest absolute Gasteiger partial charge is 0.408 e. The number of halogens is 1. The van der Waals surface area contributed by atoms with Crippen molar-refractivity contribution in [1.82, 2.24) is 15.5 Å². The Hall–Kier alpha value is -2.97. The van der Waals surface area contributed by atoms with Crippen LogP contribution in [0.25, 0.3) is 0 Å². The number of nitrogens with zero attached hydrogens (tertiary/aromatic N) is 1. The molecule has 1 aromatic rings. The summed E-state index contributed by atoms with van der Waals surface area (Å²) in [6.45, 7) is 13.0. The van der Waals surface area contributed by atoms with Gasteiger partial charge in [0.1, 0.15) is 23.7 Å². The standard InChI is InChI=1S/C32H44BrN3O9S/c1-8-20-16-32(20,29(39)43-7)35-27(37)25-15-23(45-46(41,42)24-11-9-21(33)10-12-24)17-36(25)28(38)26(31(4,5)6)34-30(40)44-22-13-18(2)19(3)14-22/h8-12,18-20,22-23,25-26H,1,13-17H2,2-7H3,(H,34,40)(H,35,37)/t18-,19?,20-,22+,23+,25+,26-,32?/m1/s1. The van der Waals surface area contributed by atoms with E-state index in [1.807, 2.05) is 0 Å². The fourth-order valence-corrected chi connectivity index (χ4v) is 7.63. The van der Waals surface area contributed by atoms with Crippen molar-refractivity contribution in [2.45, 2.75) is 95.0 Å². The van der Waals surface area contributed by atoms with Gasteiger partial charge >= 0.3 is 12.1 Å². The number of carbonyl (C=O) groups excluding carboxylic acids is 4. The van der Waals surface area contributed by atoms with E-state index in [0.717, 1.165) is 12.8 Å². The molecule has 3 amide bonds. The van der Waals surface area contributed by atoms with Crippen molar-refractivity contribution in [1.29, 1.82) is 0 Å². The maximum absolute atomic E-state index is 14.3. The lowest BCUT2D eigenvalue weighted by Crippen LogP contribution is -2.59. The van der Waals surface area contributed by atoms with Gasteiger partial charge in [-0.3, -0.25) is 13.8 Å². The van der Waals surface area contributed by atoms with Crippen LogP contribution in [0.4, 0.5) is 4.79 Å². The summed E-state index contributed by atoms with van der Waals surface area (Å²) < 4.78 is 43.2. The van der Waals surface area contributed by atoms with Crippen molar-refractivity contribution in [3.8, 4) is 0 Å². The van der Waals surface area contributed by atoms with Crippen molar-refractivity contribution >= 4 is 49.9 Å². The van der Waals surface area contributed by atoms with E-state index in [-0.39, 0.29) is 36.3 Å². The molecule has 1 aromatic carbocycles. The summed E-state index contributed by atoms with van der Waals surface area (Å²) in [5.74, 6) is -1.54. The van der Waals surface area contributed by atoms with Crippen molar-refractivity contribution in [3.63, 3.8) is 0 Å². The second-order valence-corrected chi connectivity index (χ2v) is 16.3.